The number of hydrogen-bond donors (Lipinski definition) is 1. The summed E-state index contributed by atoms with van der Waals surface area (Å²) in [7, 11) is 0. The van der Waals surface area contributed by atoms with Gasteiger partial charge in [0, 0.05) is 11.4 Å². The molecule has 4 rings (SSSR count). The van der Waals surface area contributed by atoms with Gasteiger partial charge in [0.15, 0.2) is 16.3 Å². The number of aryl methyl sites for hydroxylation is 1. The number of benzene rings is 1. The number of ether oxygens (including phenoxy) is 2. The third-order valence-corrected chi connectivity index (χ3v) is 7.94. The van der Waals surface area contributed by atoms with E-state index in [0.29, 0.717) is 53.8 Å². The molecule has 1 aliphatic carbocycles. The molecule has 0 radical (unpaired) electrons. The van der Waals surface area contributed by atoms with Gasteiger partial charge in [-0.15, -0.1) is 16.4 Å². The van der Waals surface area contributed by atoms with Crippen molar-refractivity contribution in [2.24, 2.45) is 11.3 Å². The van der Waals surface area contributed by atoms with E-state index in [0.717, 1.165) is 30.4 Å². The first-order chi connectivity index (χ1) is 17.2. The summed E-state index contributed by atoms with van der Waals surface area (Å²) in [5.74, 6) is 1.73. The van der Waals surface area contributed by atoms with Crippen LogP contribution in [0.5, 0.6) is 11.5 Å². The lowest BCUT2D eigenvalue weighted by atomic mass is 9.72. The largest absolute Gasteiger partial charge is 0.490 e. The van der Waals surface area contributed by atoms with Crippen molar-refractivity contribution in [3.63, 3.8) is 0 Å². The maximum atomic E-state index is 13.2. The normalized spacial score (nSPS) is 15.5. The van der Waals surface area contributed by atoms with E-state index in [2.05, 4.69) is 36.4 Å². The molecule has 0 saturated carbocycles. The molecule has 194 valence electrons. The van der Waals surface area contributed by atoms with Crippen LogP contribution in [0.4, 0.5) is 0 Å². The molecule has 3 aromatic rings. The average Bonchev–Trinajstić information content (AvgIpc) is 3.21. The van der Waals surface area contributed by atoms with Crippen molar-refractivity contribution in [2.45, 2.75) is 66.8 Å². The van der Waals surface area contributed by atoms with Gasteiger partial charge in [0.2, 0.25) is 5.91 Å². The summed E-state index contributed by atoms with van der Waals surface area (Å²) >= 11 is 1.57. The number of carbonyl (C=O) groups excluding carboxylic acids is 1. The first-order valence-electron chi connectivity index (χ1n) is 12.7. The Balaban J connectivity index is 1.40. The van der Waals surface area contributed by atoms with Crippen LogP contribution in [-0.4, -0.2) is 40.7 Å². The fraction of sp³-hybridized carbons (Fsp3) is 0.556. The fourth-order valence-corrected chi connectivity index (χ4v) is 5.99. The van der Waals surface area contributed by atoms with Crippen molar-refractivity contribution in [3.8, 4) is 11.5 Å². The van der Waals surface area contributed by atoms with Gasteiger partial charge in [0.1, 0.15) is 6.54 Å². The second-order valence-electron chi connectivity index (χ2n) is 10.3. The molecule has 1 unspecified atom stereocenters. The molecule has 1 aliphatic rings. The van der Waals surface area contributed by atoms with Gasteiger partial charge < -0.3 is 14.8 Å². The summed E-state index contributed by atoms with van der Waals surface area (Å²) in [5, 5.41) is 11.9. The van der Waals surface area contributed by atoms with E-state index in [1.54, 1.807) is 11.3 Å². The zero-order valence-corrected chi connectivity index (χ0v) is 22.7. The van der Waals surface area contributed by atoms with Crippen LogP contribution in [0.2, 0.25) is 0 Å². The Kier molecular flexibility index (Phi) is 7.97. The predicted molar refractivity (Wildman–Crippen MR) is 142 cm³/mol. The van der Waals surface area contributed by atoms with Gasteiger partial charge in [-0.2, -0.15) is 0 Å². The number of nitrogens with zero attached hydrogens (tertiary/aromatic N) is 3. The van der Waals surface area contributed by atoms with Crippen LogP contribution in [0.3, 0.4) is 0 Å². The molecule has 0 aliphatic heterocycles. The molecule has 2 heterocycles. The van der Waals surface area contributed by atoms with E-state index in [-0.39, 0.29) is 23.4 Å². The Morgan fingerprint density at radius 3 is 2.67 bits per heavy atom. The van der Waals surface area contributed by atoms with Crippen LogP contribution < -0.4 is 20.3 Å². The molecule has 0 bridgehead atoms. The van der Waals surface area contributed by atoms with Crippen LogP contribution in [0.1, 0.15) is 57.0 Å². The minimum Gasteiger partial charge on any atom is -0.490 e. The molecule has 1 atom stereocenters. The smallest absolute Gasteiger partial charge is 0.279 e. The van der Waals surface area contributed by atoms with Gasteiger partial charge in [0.05, 0.1) is 18.6 Å². The maximum absolute atomic E-state index is 13.2. The number of rotatable bonds is 9. The number of aromatic nitrogens is 3. The van der Waals surface area contributed by atoms with Gasteiger partial charge in [-0.3, -0.25) is 9.59 Å². The quantitative estimate of drug-likeness (QED) is 0.463. The molecule has 8 nitrogen and oxygen atoms in total. The van der Waals surface area contributed by atoms with Crippen LogP contribution in [0, 0.1) is 11.3 Å². The standard InChI is InChI=1S/C27H36N4O4S/c1-6-34-20-11-8-17(14-21(20)35-7-2)12-13-28-23(32)16-31-26(33)24-19-10-9-18(27(3,4)5)15-22(19)36-25(24)29-30-31/h8,11,14,18H,6-7,9-10,12-13,15-16H2,1-5H3,(H,28,32). The van der Waals surface area contributed by atoms with Crippen LogP contribution >= 0.6 is 11.3 Å². The maximum Gasteiger partial charge on any atom is 0.279 e. The van der Waals surface area contributed by atoms with Gasteiger partial charge in [-0.1, -0.05) is 32.1 Å². The summed E-state index contributed by atoms with van der Waals surface area (Å²) in [4.78, 5) is 27.7. The molecular formula is C27H36N4O4S. The molecule has 1 aromatic carbocycles. The van der Waals surface area contributed by atoms with Crippen molar-refractivity contribution < 1.29 is 14.3 Å². The second kappa shape index (κ2) is 11.0. The predicted octanol–water partition coefficient (Wildman–Crippen LogP) is 4.16. The Morgan fingerprint density at radius 1 is 1.19 bits per heavy atom. The number of hydrogen-bond acceptors (Lipinski definition) is 7. The molecule has 0 saturated heterocycles. The van der Waals surface area contributed by atoms with E-state index in [9.17, 15) is 9.59 Å². The minimum absolute atomic E-state index is 0.148. The van der Waals surface area contributed by atoms with Gasteiger partial charge >= 0.3 is 0 Å². The Labute approximate surface area is 216 Å². The lowest BCUT2D eigenvalue weighted by molar-refractivity contribution is -0.121. The highest BCUT2D eigenvalue weighted by atomic mass is 32.1. The molecule has 9 heteroatoms. The van der Waals surface area contributed by atoms with Crippen molar-refractivity contribution in [2.75, 3.05) is 19.8 Å². The van der Waals surface area contributed by atoms with Crippen molar-refractivity contribution in [3.05, 3.63) is 44.6 Å². The highest BCUT2D eigenvalue weighted by Gasteiger charge is 2.32. The number of carbonyl (C=O) groups is 1. The number of nitrogens with one attached hydrogen (secondary N) is 1. The molecular weight excluding hydrogens is 476 g/mol. The minimum atomic E-state index is -0.265. The monoisotopic (exact) mass is 512 g/mol. The Morgan fingerprint density at radius 2 is 1.94 bits per heavy atom. The zero-order valence-electron chi connectivity index (χ0n) is 21.8. The van der Waals surface area contributed by atoms with E-state index in [4.69, 9.17) is 9.47 Å². The van der Waals surface area contributed by atoms with Crippen molar-refractivity contribution in [1.29, 1.82) is 0 Å². The third kappa shape index (κ3) is 5.72. The van der Waals surface area contributed by atoms with Crippen LogP contribution in [0.15, 0.2) is 23.0 Å². The van der Waals surface area contributed by atoms with Crippen molar-refractivity contribution in [1.82, 2.24) is 20.3 Å². The summed E-state index contributed by atoms with van der Waals surface area (Å²) < 4.78 is 12.5. The molecule has 1 amide bonds. The molecule has 0 spiro atoms. The van der Waals surface area contributed by atoms with Gasteiger partial charge in [0.25, 0.3) is 5.56 Å². The van der Waals surface area contributed by atoms with E-state index in [1.165, 1.54) is 9.56 Å². The van der Waals surface area contributed by atoms with Gasteiger partial charge in [-0.05, 0) is 74.1 Å². The van der Waals surface area contributed by atoms with Crippen LogP contribution in [0.25, 0.3) is 10.2 Å². The molecule has 0 fully saturated rings. The average molecular weight is 513 g/mol. The zero-order chi connectivity index (χ0) is 25.9. The number of fused-ring (bicyclic) bond motifs is 3. The lowest BCUT2D eigenvalue weighted by Crippen LogP contribution is -2.35. The third-order valence-electron chi connectivity index (χ3n) is 6.80. The first-order valence-corrected chi connectivity index (χ1v) is 13.6. The van der Waals surface area contributed by atoms with Crippen molar-refractivity contribution >= 4 is 27.5 Å². The lowest BCUT2D eigenvalue weighted by Gasteiger charge is -2.33. The summed E-state index contributed by atoms with van der Waals surface area (Å²) in [6, 6.07) is 5.79. The van der Waals surface area contributed by atoms with E-state index < -0.39 is 0 Å². The second-order valence-corrected chi connectivity index (χ2v) is 11.4. The van der Waals surface area contributed by atoms with Crippen LogP contribution in [-0.2, 0) is 30.6 Å². The topological polar surface area (TPSA) is 95.3 Å². The Bertz CT molecular complexity index is 1290. The highest BCUT2D eigenvalue weighted by Crippen LogP contribution is 2.41. The SMILES string of the molecule is CCOc1ccc(CCNC(=O)Cn2nnc3sc4c(c3c2=O)CCC(C(C)(C)C)C4)cc1OCC. The van der Waals surface area contributed by atoms with Gasteiger partial charge in [-0.25, -0.2) is 4.68 Å². The summed E-state index contributed by atoms with van der Waals surface area (Å²) in [6.45, 7) is 12.1. The number of thiophene rings is 1. The summed E-state index contributed by atoms with van der Waals surface area (Å²) in [5.41, 5.74) is 2.13. The fourth-order valence-electron chi connectivity index (χ4n) is 4.76. The van der Waals surface area contributed by atoms with E-state index in [1.807, 2.05) is 32.0 Å². The first kappa shape index (κ1) is 26.1. The number of amides is 1. The highest BCUT2D eigenvalue weighted by molar-refractivity contribution is 7.18. The summed E-state index contributed by atoms with van der Waals surface area (Å²) in [6.07, 6.45) is 3.53. The molecule has 1 N–H and O–H groups in total. The Hall–Kier alpha value is -2.94. The molecule has 2 aromatic heterocycles. The van der Waals surface area contributed by atoms with E-state index >= 15 is 0 Å². The molecule has 36 heavy (non-hydrogen) atoms.